The van der Waals surface area contributed by atoms with Gasteiger partial charge in [0.1, 0.15) is 5.25 Å². The normalized spacial score (nSPS) is 11.9. The van der Waals surface area contributed by atoms with Crippen molar-refractivity contribution in [3.8, 4) is 0 Å². The van der Waals surface area contributed by atoms with Crippen LogP contribution in [0.15, 0.2) is 30.3 Å². The summed E-state index contributed by atoms with van der Waals surface area (Å²) in [5.74, 6) is -0.386. The van der Waals surface area contributed by atoms with E-state index >= 15 is 0 Å². The maximum Gasteiger partial charge on any atom is 0.317 e. The van der Waals surface area contributed by atoms with E-state index in [4.69, 9.17) is 0 Å². The molecule has 0 aliphatic heterocycles. The minimum Gasteiger partial charge on any atom is -0.480 e. The molecule has 21 heavy (non-hydrogen) atoms. The number of benzene rings is 1. The van der Waals surface area contributed by atoms with Crippen LogP contribution in [0.1, 0.15) is 39.0 Å². The number of anilines is 1. The molecule has 2 N–H and O–H groups in total. The van der Waals surface area contributed by atoms with Crippen LogP contribution in [-0.4, -0.2) is 28.0 Å². The Kier molecular flexibility index (Phi) is 8.59. The molecule has 0 bridgehead atoms. The van der Waals surface area contributed by atoms with Crippen molar-refractivity contribution in [2.24, 2.45) is 0 Å². The van der Waals surface area contributed by atoms with E-state index in [1.807, 2.05) is 18.2 Å². The molecular weight excluding hydrogens is 286 g/mol. The number of rotatable bonds is 10. The minimum absolute atomic E-state index is 0.00265. The second-order valence-electron chi connectivity index (χ2n) is 4.88. The molecule has 1 rings (SSSR count). The molecule has 1 atom stereocenters. The molecule has 0 spiro atoms. The molecular formula is C16H23NO3S. The number of para-hydroxylation sites is 1. The van der Waals surface area contributed by atoms with Gasteiger partial charge in [-0.25, -0.2) is 0 Å². The van der Waals surface area contributed by atoms with Gasteiger partial charge in [-0.05, 0) is 24.3 Å². The Labute approximate surface area is 130 Å². The molecule has 0 saturated carbocycles. The Morgan fingerprint density at radius 1 is 1.19 bits per heavy atom. The molecule has 1 amide bonds. The average Bonchev–Trinajstić information content (AvgIpc) is 2.46. The summed E-state index contributed by atoms with van der Waals surface area (Å²) in [6.07, 6.45) is 4.45. The Morgan fingerprint density at radius 2 is 1.90 bits per heavy atom. The summed E-state index contributed by atoms with van der Waals surface area (Å²) in [4.78, 5) is 23.1. The Balaban J connectivity index is 2.36. The summed E-state index contributed by atoms with van der Waals surface area (Å²) in [6.45, 7) is 2.14. The number of thioether (sulfide) groups is 1. The molecule has 0 radical (unpaired) electrons. The second-order valence-corrected chi connectivity index (χ2v) is 6.19. The van der Waals surface area contributed by atoms with Gasteiger partial charge in [0.05, 0.1) is 0 Å². The molecule has 1 aromatic rings. The number of carbonyl (C=O) groups is 2. The monoisotopic (exact) mass is 309 g/mol. The lowest BCUT2D eigenvalue weighted by molar-refractivity contribution is -0.137. The molecule has 0 aliphatic carbocycles. The van der Waals surface area contributed by atoms with Crippen molar-refractivity contribution in [3.05, 3.63) is 30.3 Å². The van der Waals surface area contributed by atoms with Crippen molar-refractivity contribution in [3.63, 3.8) is 0 Å². The smallest absolute Gasteiger partial charge is 0.317 e. The lowest BCUT2D eigenvalue weighted by Gasteiger charge is -2.12. The molecule has 5 heteroatoms. The fourth-order valence-electron chi connectivity index (χ4n) is 1.87. The molecule has 1 unspecified atom stereocenters. The van der Waals surface area contributed by atoms with Crippen molar-refractivity contribution in [1.29, 1.82) is 0 Å². The highest BCUT2D eigenvalue weighted by Crippen LogP contribution is 2.18. The van der Waals surface area contributed by atoms with E-state index in [1.165, 1.54) is 18.2 Å². The first-order valence-corrected chi connectivity index (χ1v) is 8.37. The number of hydrogen-bond donors (Lipinski definition) is 2. The largest absolute Gasteiger partial charge is 0.480 e. The molecule has 0 saturated heterocycles. The highest BCUT2D eigenvalue weighted by Gasteiger charge is 2.21. The topological polar surface area (TPSA) is 66.4 Å². The number of hydrogen-bond acceptors (Lipinski definition) is 3. The van der Waals surface area contributed by atoms with E-state index in [2.05, 4.69) is 12.2 Å². The second kappa shape index (κ2) is 10.3. The van der Waals surface area contributed by atoms with Crippen LogP contribution >= 0.6 is 11.8 Å². The van der Waals surface area contributed by atoms with Crippen LogP contribution in [-0.2, 0) is 9.59 Å². The summed E-state index contributed by atoms with van der Waals surface area (Å²) in [7, 11) is 0. The van der Waals surface area contributed by atoms with E-state index in [0.29, 0.717) is 5.69 Å². The van der Waals surface area contributed by atoms with Crippen LogP contribution in [0.25, 0.3) is 0 Å². The van der Waals surface area contributed by atoms with E-state index in [9.17, 15) is 14.7 Å². The Hall–Kier alpha value is -1.49. The third-order valence-corrected chi connectivity index (χ3v) is 4.32. The van der Waals surface area contributed by atoms with Gasteiger partial charge in [-0.2, -0.15) is 0 Å². The SMILES string of the molecule is CCCCCCSC(CC(=O)Nc1ccccc1)C(=O)O. The highest BCUT2D eigenvalue weighted by atomic mass is 32.2. The van der Waals surface area contributed by atoms with Crippen LogP contribution in [0.5, 0.6) is 0 Å². The molecule has 0 aromatic heterocycles. The van der Waals surface area contributed by atoms with E-state index < -0.39 is 11.2 Å². The fourth-order valence-corrected chi connectivity index (χ4v) is 2.94. The number of carboxylic acid groups (broad SMARTS) is 1. The molecule has 0 heterocycles. The standard InChI is InChI=1S/C16H23NO3S/c1-2-3-4-8-11-21-14(16(19)20)12-15(18)17-13-9-6-5-7-10-13/h5-7,9-10,14H,2-4,8,11-12H2,1H3,(H,17,18)(H,19,20). The predicted octanol–water partition coefficient (Wildman–Crippen LogP) is 3.78. The van der Waals surface area contributed by atoms with Gasteiger partial charge in [-0.15, -0.1) is 11.8 Å². The predicted molar refractivity (Wildman–Crippen MR) is 87.7 cm³/mol. The molecule has 4 nitrogen and oxygen atoms in total. The number of nitrogens with one attached hydrogen (secondary N) is 1. The summed E-state index contributed by atoms with van der Waals surface area (Å²) < 4.78 is 0. The van der Waals surface area contributed by atoms with E-state index in [0.717, 1.165) is 25.0 Å². The minimum atomic E-state index is -0.918. The fraction of sp³-hybridized carbons (Fsp3) is 0.500. The zero-order chi connectivity index (χ0) is 15.5. The first kappa shape index (κ1) is 17.6. The van der Waals surface area contributed by atoms with Crippen molar-refractivity contribution < 1.29 is 14.7 Å². The highest BCUT2D eigenvalue weighted by molar-refractivity contribution is 8.00. The molecule has 116 valence electrons. The van der Waals surface area contributed by atoms with Gasteiger partial charge in [-0.1, -0.05) is 44.4 Å². The first-order valence-electron chi connectivity index (χ1n) is 7.32. The van der Waals surface area contributed by atoms with Gasteiger partial charge in [0.2, 0.25) is 5.91 Å². The molecule has 0 fully saturated rings. The summed E-state index contributed by atoms with van der Waals surface area (Å²) in [6, 6.07) is 9.08. The van der Waals surface area contributed by atoms with Crippen molar-refractivity contribution in [2.45, 2.75) is 44.3 Å². The van der Waals surface area contributed by atoms with Gasteiger partial charge in [-0.3, -0.25) is 9.59 Å². The van der Waals surface area contributed by atoms with Crippen molar-refractivity contribution in [1.82, 2.24) is 0 Å². The zero-order valence-corrected chi connectivity index (χ0v) is 13.2. The lowest BCUT2D eigenvalue weighted by Crippen LogP contribution is -2.24. The van der Waals surface area contributed by atoms with Crippen LogP contribution < -0.4 is 5.32 Å². The summed E-state index contributed by atoms with van der Waals surface area (Å²) in [5, 5.41) is 11.2. The lowest BCUT2D eigenvalue weighted by atomic mass is 10.2. The number of carboxylic acids is 1. The van der Waals surface area contributed by atoms with Crippen molar-refractivity contribution in [2.75, 3.05) is 11.1 Å². The quantitative estimate of drug-likeness (QED) is 0.645. The van der Waals surface area contributed by atoms with Crippen LogP contribution in [0.2, 0.25) is 0 Å². The third-order valence-electron chi connectivity index (χ3n) is 3.02. The van der Waals surface area contributed by atoms with Crippen LogP contribution in [0.3, 0.4) is 0 Å². The van der Waals surface area contributed by atoms with Gasteiger partial charge in [0, 0.05) is 12.1 Å². The number of aliphatic carboxylic acids is 1. The Morgan fingerprint density at radius 3 is 2.52 bits per heavy atom. The van der Waals surface area contributed by atoms with E-state index in [1.54, 1.807) is 12.1 Å². The molecule has 1 aromatic carbocycles. The maximum atomic E-state index is 11.9. The number of unbranched alkanes of at least 4 members (excludes halogenated alkanes) is 3. The van der Waals surface area contributed by atoms with Gasteiger partial charge < -0.3 is 10.4 Å². The number of amides is 1. The summed E-state index contributed by atoms with van der Waals surface area (Å²) >= 11 is 1.36. The Bertz CT molecular complexity index is 436. The molecule has 0 aliphatic rings. The van der Waals surface area contributed by atoms with E-state index in [-0.39, 0.29) is 12.3 Å². The van der Waals surface area contributed by atoms with Crippen LogP contribution in [0.4, 0.5) is 5.69 Å². The van der Waals surface area contributed by atoms with Gasteiger partial charge in [0.15, 0.2) is 0 Å². The van der Waals surface area contributed by atoms with Crippen molar-refractivity contribution >= 4 is 29.3 Å². The first-order chi connectivity index (χ1) is 10.1. The zero-order valence-electron chi connectivity index (χ0n) is 12.4. The maximum absolute atomic E-state index is 11.9. The summed E-state index contributed by atoms with van der Waals surface area (Å²) in [5.41, 5.74) is 0.694. The number of carbonyl (C=O) groups excluding carboxylic acids is 1. The van der Waals surface area contributed by atoms with Crippen LogP contribution in [0, 0.1) is 0 Å². The van der Waals surface area contributed by atoms with Gasteiger partial charge in [0.25, 0.3) is 0 Å². The third kappa shape index (κ3) is 7.75. The average molecular weight is 309 g/mol. The van der Waals surface area contributed by atoms with Gasteiger partial charge >= 0.3 is 5.97 Å².